The average molecular weight is 382 g/mol. The van der Waals surface area contributed by atoms with Crippen molar-refractivity contribution in [3.05, 3.63) is 35.5 Å². The minimum Gasteiger partial charge on any atom is -0.381 e. The molecule has 27 heavy (non-hydrogen) atoms. The highest BCUT2D eigenvalue weighted by molar-refractivity contribution is 7.14. The molecular weight excluding hydrogens is 360 g/mol. The highest BCUT2D eigenvalue weighted by atomic mass is 32.1. The summed E-state index contributed by atoms with van der Waals surface area (Å²) in [6.45, 7) is 1.94. The Bertz CT molecular complexity index is 964. The molecule has 0 aliphatic heterocycles. The number of nitrogens with one attached hydrogen (secondary N) is 1. The SMILES string of the molecule is CO[C@H]1CC[C@@H](C(=O)Nc2cc3cc(-c4nnc(C)s4)ccc3cn2)CC1. The molecule has 6 nitrogen and oxygen atoms in total. The first-order chi connectivity index (χ1) is 13.1. The number of carbonyl (C=O) groups is 1. The van der Waals surface area contributed by atoms with E-state index in [1.54, 1.807) is 24.6 Å². The molecule has 1 amide bonds. The second-order valence-corrected chi connectivity index (χ2v) is 8.14. The van der Waals surface area contributed by atoms with E-state index in [-0.39, 0.29) is 17.9 Å². The van der Waals surface area contributed by atoms with Gasteiger partial charge in [-0.2, -0.15) is 0 Å². The molecule has 4 rings (SSSR count). The Kier molecular flexibility index (Phi) is 5.13. The highest BCUT2D eigenvalue weighted by Gasteiger charge is 2.26. The van der Waals surface area contributed by atoms with Crippen molar-refractivity contribution in [1.29, 1.82) is 0 Å². The third-order valence-corrected chi connectivity index (χ3v) is 6.01. The van der Waals surface area contributed by atoms with Crippen LogP contribution in [0.25, 0.3) is 21.3 Å². The fourth-order valence-electron chi connectivity index (χ4n) is 3.54. The molecule has 2 heterocycles. The van der Waals surface area contributed by atoms with Gasteiger partial charge in [0.2, 0.25) is 5.91 Å². The number of aromatic nitrogens is 3. The summed E-state index contributed by atoms with van der Waals surface area (Å²) >= 11 is 1.57. The van der Waals surface area contributed by atoms with E-state index in [2.05, 4.69) is 26.6 Å². The van der Waals surface area contributed by atoms with Crippen LogP contribution in [0.1, 0.15) is 30.7 Å². The molecule has 1 aliphatic rings. The van der Waals surface area contributed by atoms with Gasteiger partial charge >= 0.3 is 0 Å². The van der Waals surface area contributed by atoms with Crippen LogP contribution in [-0.2, 0) is 9.53 Å². The summed E-state index contributed by atoms with van der Waals surface area (Å²) in [5.74, 6) is 0.670. The Morgan fingerprint density at radius 1 is 1.15 bits per heavy atom. The quantitative estimate of drug-likeness (QED) is 0.731. The number of benzene rings is 1. The topological polar surface area (TPSA) is 77.0 Å². The van der Waals surface area contributed by atoms with Gasteiger partial charge in [0.25, 0.3) is 0 Å². The van der Waals surface area contributed by atoms with Gasteiger partial charge in [0.15, 0.2) is 0 Å². The third-order valence-electron chi connectivity index (χ3n) is 5.12. The van der Waals surface area contributed by atoms with Crippen molar-refractivity contribution in [2.75, 3.05) is 12.4 Å². The number of carbonyl (C=O) groups excluding carboxylic acids is 1. The number of hydrogen-bond acceptors (Lipinski definition) is 6. The smallest absolute Gasteiger partial charge is 0.228 e. The fraction of sp³-hybridized carbons (Fsp3) is 0.400. The molecule has 0 spiro atoms. The number of methoxy groups -OCH3 is 1. The van der Waals surface area contributed by atoms with Gasteiger partial charge in [-0.15, -0.1) is 10.2 Å². The van der Waals surface area contributed by atoms with E-state index in [1.165, 1.54) is 0 Å². The maximum Gasteiger partial charge on any atom is 0.228 e. The molecule has 0 radical (unpaired) electrons. The number of nitrogens with zero attached hydrogens (tertiary/aromatic N) is 3. The first-order valence-electron chi connectivity index (χ1n) is 9.16. The van der Waals surface area contributed by atoms with Crippen LogP contribution in [0.15, 0.2) is 30.5 Å². The molecule has 1 aromatic carbocycles. The zero-order valence-electron chi connectivity index (χ0n) is 15.4. The number of rotatable bonds is 4. The Labute approximate surface area is 162 Å². The summed E-state index contributed by atoms with van der Waals surface area (Å²) < 4.78 is 5.38. The fourth-order valence-corrected chi connectivity index (χ4v) is 4.23. The number of hydrogen-bond donors (Lipinski definition) is 1. The summed E-state index contributed by atoms with van der Waals surface area (Å²) in [5.41, 5.74) is 1.02. The lowest BCUT2D eigenvalue weighted by Crippen LogP contribution is -2.29. The van der Waals surface area contributed by atoms with Crippen LogP contribution in [0.4, 0.5) is 5.82 Å². The van der Waals surface area contributed by atoms with E-state index in [9.17, 15) is 4.79 Å². The van der Waals surface area contributed by atoms with Crippen molar-refractivity contribution >= 4 is 33.8 Å². The summed E-state index contributed by atoms with van der Waals surface area (Å²) in [4.78, 5) is 17.0. The van der Waals surface area contributed by atoms with Crippen LogP contribution in [0, 0.1) is 12.8 Å². The molecule has 1 saturated carbocycles. The maximum absolute atomic E-state index is 12.6. The number of fused-ring (bicyclic) bond motifs is 1. The molecule has 0 bridgehead atoms. The largest absolute Gasteiger partial charge is 0.381 e. The van der Waals surface area contributed by atoms with Gasteiger partial charge in [-0.1, -0.05) is 23.5 Å². The van der Waals surface area contributed by atoms with Crippen LogP contribution in [-0.4, -0.2) is 34.3 Å². The number of anilines is 1. The molecule has 1 fully saturated rings. The van der Waals surface area contributed by atoms with E-state index < -0.39 is 0 Å². The molecule has 2 aromatic heterocycles. The van der Waals surface area contributed by atoms with Gasteiger partial charge < -0.3 is 10.1 Å². The van der Waals surface area contributed by atoms with Gasteiger partial charge in [-0.25, -0.2) is 4.98 Å². The van der Waals surface area contributed by atoms with Gasteiger partial charge in [-0.05, 0) is 50.1 Å². The third kappa shape index (κ3) is 3.99. The number of amides is 1. The van der Waals surface area contributed by atoms with Crippen molar-refractivity contribution in [3.8, 4) is 10.6 Å². The summed E-state index contributed by atoms with van der Waals surface area (Å²) in [5, 5.41) is 15.2. The molecule has 0 atom stereocenters. The lowest BCUT2D eigenvalue weighted by atomic mass is 9.87. The second kappa shape index (κ2) is 7.70. The second-order valence-electron chi connectivity index (χ2n) is 6.96. The van der Waals surface area contributed by atoms with Crippen LogP contribution in [0.3, 0.4) is 0 Å². The highest BCUT2D eigenvalue weighted by Crippen LogP contribution is 2.29. The lowest BCUT2D eigenvalue weighted by molar-refractivity contribution is -0.121. The Morgan fingerprint density at radius 2 is 1.96 bits per heavy atom. The van der Waals surface area contributed by atoms with Crippen molar-refractivity contribution in [1.82, 2.24) is 15.2 Å². The summed E-state index contributed by atoms with van der Waals surface area (Å²) in [6, 6.07) is 8.03. The monoisotopic (exact) mass is 382 g/mol. The molecule has 3 aromatic rings. The Balaban J connectivity index is 1.51. The molecule has 0 saturated heterocycles. The average Bonchev–Trinajstić information content (AvgIpc) is 3.14. The predicted molar refractivity (Wildman–Crippen MR) is 107 cm³/mol. The first kappa shape index (κ1) is 18.0. The zero-order valence-corrected chi connectivity index (χ0v) is 16.3. The lowest BCUT2D eigenvalue weighted by Gasteiger charge is -2.26. The molecule has 1 N–H and O–H groups in total. The number of ether oxygens (including phenoxy) is 1. The molecule has 140 valence electrons. The van der Waals surface area contributed by atoms with Crippen LogP contribution in [0.2, 0.25) is 0 Å². The van der Waals surface area contributed by atoms with Crippen molar-refractivity contribution in [2.45, 2.75) is 38.7 Å². The van der Waals surface area contributed by atoms with Gasteiger partial charge in [0.1, 0.15) is 15.8 Å². The van der Waals surface area contributed by atoms with Gasteiger partial charge in [0, 0.05) is 30.2 Å². The molecular formula is C20H22N4O2S. The minimum atomic E-state index is 0.0320. The van der Waals surface area contributed by atoms with E-state index in [1.807, 2.05) is 25.1 Å². The van der Waals surface area contributed by atoms with Crippen LogP contribution >= 0.6 is 11.3 Å². The van der Waals surface area contributed by atoms with E-state index >= 15 is 0 Å². The molecule has 0 unspecified atom stereocenters. The van der Waals surface area contributed by atoms with E-state index in [4.69, 9.17) is 4.74 Å². The van der Waals surface area contributed by atoms with Crippen molar-refractivity contribution in [3.63, 3.8) is 0 Å². The Morgan fingerprint density at radius 3 is 2.67 bits per heavy atom. The van der Waals surface area contributed by atoms with Crippen molar-refractivity contribution < 1.29 is 9.53 Å². The normalized spacial score (nSPS) is 19.9. The van der Waals surface area contributed by atoms with E-state index in [0.717, 1.165) is 52.0 Å². The van der Waals surface area contributed by atoms with Gasteiger partial charge in [-0.3, -0.25) is 4.79 Å². The van der Waals surface area contributed by atoms with Gasteiger partial charge in [0.05, 0.1) is 6.10 Å². The minimum absolute atomic E-state index is 0.0320. The van der Waals surface area contributed by atoms with Crippen LogP contribution < -0.4 is 5.32 Å². The molecule has 1 aliphatic carbocycles. The first-order valence-corrected chi connectivity index (χ1v) is 9.98. The summed E-state index contributed by atoms with van der Waals surface area (Å²) in [6.07, 6.45) is 5.67. The Hall–Kier alpha value is -2.38. The number of aryl methyl sites for hydroxylation is 1. The zero-order chi connectivity index (χ0) is 18.8. The van der Waals surface area contributed by atoms with Crippen LogP contribution in [0.5, 0.6) is 0 Å². The van der Waals surface area contributed by atoms with Crippen molar-refractivity contribution in [2.24, 2.45) is 5.92 Å². The summed E-state index contributed by atoms with van der Waals surface area (Å²) in [7, 11) is 1.74. The predicted octanol–water partition coefficient (Wildman–Crippen LogP) is 4.21. The molecule has 7 heteroatoms. The number of pyridine rings is 1. The van der Waals surface area contributed by atoms with E-state index in [0.29, 0.717) is 5.82 Å². The maximum atomic E-state index is 12.6. The standard InChI is InChI=1S/C20H22N4O2S/c1-12-23-24-20(27-12)14-3-4-15-11-21-18(10-16(15)9-14)22-19(25)13-5-7-17(26-2)8-6-13/h3-4,9-11,13,17H,5-8H2,1-2H3,(H,21,22,25)/t13-,17+.